The van der Waals surface area contributed by atoms with Gasteiger partial charge in [0, 0.05) is 30.5 Å². The van der Waals surface area contributed by atoms with E-state index in [0.29, 0.717) is 5.69 Å². The number of carbonyl (C=O) groups excluding carboxylic acids is 1. The Balaban J connectivity index is 1.47. The molecule has 1 atom stereocenters. The summed E-state index contributed by atoms with van der Waals surface area (Å²) in [5.74, 6) is -0.0497. The molecule has 6 nitrogen and oxygen atoms in total. The maximum Gasteiger partial charge on any atom is 0.268 e. The SMILES string of the molecule is C[Si]1(C)CCCC(NC(=O)c2cc3sc(-c4cccnc4)nc3[nH]2)CN1. The minimum atomic E-state index is -1.29. The smallest absolute Gasteiger partial charge is 0.268 e. The molecule has 1 fully saturated rings. The van der Waals surface area contributed by atoms with Crippen LogP contribution in [0.25, 0.3) is 20.9 Å². The molecule has 0 radical (unpaired) electrons. The lowest BCUT2D eigenvalue weighted by atomic mass is 10.1. The average molecular weight is 386 g/mol. The fraction of sp³-hybridized carbons (Fsp3) is 0.389. The lowest BCUT2D eigenvalue weighted by Crippen LogP contribution is -2.49. The number of fused-ring (bicyclic) bond motifs is 1. The molecule has 3 aromatic heterocycles. The molecule has 1 aliphatic rings. The summed E-state index contributed by atoms with van der Waals surface area (Å²) < 4.78 is 0.988. The Hall–Kier alpha value is -2.03. The fourth-order valence-corrected chi connectivity index (χ4v) is 6.33. The summed E-state index contributed by atoms with van der Waals surface area (Å²) in [6.07, 6.45) is 5.76. The molecule has 1 amide bonds. The van der Waals surface area contributed by atoms with Gasteiger partial charge in [-0.3, -0.25) is 9.78 Å². The number of pyridine rings is 1. The lowest BCUT2D eigenvalue weighted by Gasteiger charge is -2.22. The van der Waals surface area contributed by atoms with Crippen LogP contribution in [0, 0.1) is 0 Å². The van der Waals surface area contributed by atoms with Crippen molar-refractivity contribution in [2.24, 2.45) is 0 Å². The number of aromatic amines is 1. The summed E-state index contributed by atoms with van der Waals surface area (Å²) >= 11 is 1.57. The minimum Gasteiger partial charge on any atom is -0.347 e. The molecule has 4 heterocycles. The highest BCUT2D eigenvalue weighted by Gasteiger charge is 2.27. The van der Waals surface area contributed by atoms with E-state index in [1.807, 2.05) is 18.2 Å². The van der Waals surface area contributed by atoms with Crippen molar-refractivity contribution in [3.8, 4) is 10.6 Å². The number of nitrogens with zero attached hydrogens (tertiary/aromatic N) is 2. The van der Waals surface area contributed by atoms with Gasteiger partial charge in [0.25, 0.3) is 5.91 Å². The third-order valence-corrected chi connectivity index (χ3v) is 8.67. The number of nitrogens with one attached hydrogen (secondary N) is 3. The molecule has 0 bridgehead atoms. The van der Waals surface area contributed by atoms with E-state index in [2.05, 4.69) is 38.3 Å². The molecule has 1 aliphatic heterocycles. The Bertz CT molecular complexity index is 889. The van der Waals surface area contributed by atoms with Gasteiger partial charge < -0.3 is 15.3 Å². The second-order valence-corrected chi connectivity index (χ2v) is 13.1. The van der Waals surface area contributed by atoms with Crippen molar-refractivity contribution in [2.45, 2.75) is 38.0 Å². The molecule has 1 unspecified atom stereocenters. The second-order valence-electron chi connectivity index (χ2n) is 7.48. The first-order valence-corrected chi connectivity index (χ1v) is 13.0. The van der Waals surface area contributed by atoms with Crippen LogP contribution in [0.15, 0.2) is 30.6 Å². The van der Waals surface area contributed by atoms with Gasteiger partial charge in [0.1, 0.15) is 24.6 Å². The molecule has 0 aromatic carbocycles. The van der Waals surface area contributed by atoms with Crippen LogP contribution in [0.3, 0.4) is 0 Å². The van der Waals surface area contributed by atoms with Crippen molar-refractivity contribution in [3.63, 3.8) is 0 Å². The molecule has 1 saturated heterocycles. The van der Waals surface area contributed by atoms with Gasteiger partial charge in [-0.05, 0) is 30.7 Å². The van der Waals surface area contributed by atoms with E-state index in [-0.39, 0.29) is 11.9 Å². The predicted octanol–water partition coefficient (Wildman–Crippen LogP) is 3.37. The Labute approximate surface area is 157 Å². The quantitative estimate of drug-likeness (QED) is 0.604. The zero-order valence-corrected chi connectivity index (χ0v) is 16.8. The van der Waals surface area contributed by atoms with Crippen molar-refractivity contribution >= 4 is 35.8 Å². The van der Waals surface area contributed by atoms with E-state index >= 15 is 0 Å². The summed E-state index contributed by atoms with van der Waals surface area (Å²) in [4.78, 5) is 28.2. The largest absolute Gasteiger partial charge is 0.347 e. The van der Waals surface area contributed by atoms with Crippen molar-refractivity contribution in [1.29, 1.82) is 0 Å². The molecular weight excluding hydrogens is 362 g/mol. The van der Waals surface area contributed by atoms with E-state index in [1.165, 1.54) is 12.5 Å². The summed E-state index contributed by atoms with van der Waals surface area (Å²) in [5, 5.41) is 4.08. The molecular formula is C18H23N5OSSi. The average Bonchev–Trinajstić information content (AvgIpc) is 3.14. The highest BCUT2D eigenvalue weighted by Crippen LogP contribution is 2.30. The van der Waals surface area contributed by atoms with Crippen molar-refractivity contribution < 1.29 is 4.79 Å². The van der Waals surface area contributed by atoms with Crippen molar-refractivity contribution in [2.75, 3.05) is 6.54 Å². The lowest BCUT2D eigenvalue weighted by molar-refractivity contribution is 0.0931. The van der Waals surface area contributed by atoms with E-state index in [4.69, 9.17) is 0 Å². The van der Waals surface area contributed by atoms with E-state index in [9.17, 15) is 4.79 Å². The molecule has 136 valence electrons. The molecule has 0 aliphatic carbocycles. The first-order chi connectivity index (χ1) is 12.5. The van der Waals surface area contributed by atoms with Crippen LogP contribution in [0.2, 0.25) is 19.1 Å². The second kappa shape index (κ2) is 6.94. The summed E-state index contributed by atoms with van der Waals surface area (Å²) in [7, 11) is -1.29. The van der Waals surface area contributed by atoms with Crippen LogP contribution in [0.4, 0.5) is 0 Å². The van der Waals surface area contributed by atoms with Crippen LogP contribution in [-0.4, -0.2) is 41.7 Å². The monoisotopic (exact) mass is 385 g/mol. The van der Waals surface area contributed by atoms with Crippen LogP contribution in [-0.2, 0) is 0 Å². The summed E-state index contributed by atoms with van der Waals surface area (Å²) in [6.45, 7) is 5.56. The molecule has 0 spiro atoms. The van der Waals surface area contributed by atoms with Crippen LogP contribution in [0.5, 0.6) is 0 Å². The Morgan fingerprint density at radius 2 is 2.31 bits per heavy atom. The predicted molar refractivity (Wildman–Crippen MR) is 108 cm³/mol. The maximum absolute atomic E-state index is 12.6. The molecule has 3 aromatic rings. The number of thiazole rings is 1. The van der Waals surface area contributed by atoms with Gasteiger partial charge >= 0.3 is 0 Å². The normalized spacial score (nSPS) is 20.0. The highest BCUT2D eigenvalue weighted by atomic mass is 32.1. The Kier molecular flexibility index (Phi) is 4.64. The van der Waals surface area contributed by atoms with E-state index in [0.717, 1.165) is 33.9 Å². The van der Waals surface area contributed by atoms with Gasteiger partial charge in [-0.15, -0.1) is 11.3 Å². The van der Waals surface area contributed by atoms with Gasteiger partial charge in [-0.2, -0.15) is 0 Å². The Morgan fingerprint density at radius 1 is 1.42 bits per heavy atom. The van der Waals surface area contributed by atoms with Gasteiger partial charge in [0.05, 0.1) is 4.70 Å². The minimum absolute atomic E-state index is 0.0497. The standard InChI is InChI=1S/C18H23N5OSSi/c1-26(2)8-4-6-13(11-20-26)21-17(24)14-9-15-16(22-14)23-18(25-15)12-5-3-7-19-10-12/h3,5,7,9-10,13,20,22H,4,6,8,11H2,1-2H3,(H,21,24). The van der Waals surface area contributed by atoms with Crippen LogP contribution < -0.4 is 10.3 Å². The van der Waals surface area contributed by atoms with E-state index < -0.39 is 8.24 Å². The van der Waals surface area contributed by atoms with Crippen LogP contribution in [0.1, 0.15) is 23.3 Å². The molecule has 8 heteroatoms. The van der Waals surface area contributed by atoms with Crippen molar-refractivity contribution in [1.82, 2.24) is 25.3 Å². The zero-order chi connectivity index (χ0) is 18.1. The first kappa shape index (κ1) is 17.4. The number of hydrogen-bond acceptors (Lipinski definition) is 5. The fourth-order valence-electron chi connectivity index (χ4n) is 3.32. The molecule has 0 saturated carbocycles. The van der Waals surface area contributed by atoms with Crippen molar-refractivity contribution in [3.05, 3.63) is 36.3 Å². The van der Waals surface area contributed by atoms with Gasteiger partial charge in [0.2, 0.25) is 0 Å². The first-order valence-electron chi connectivity index (χ1n) is 8.96. The molecule has 26 heavy (non-hydrogen) atoms. The number of hydrogen-bond donors (Lipinski definition) is 3. The third kappa shape index (κ3) is 3.72. The van der Waals surface area contributed by atoms with Gasteiger partial charge in [0.15, 0.2) is 0 Å². The number of aromatic nitrogens is 3. The van der Waals surface area contributed by atoms with Gasteiger partial charge in [-0.1, -0.05) is 19.5 Å². The summed E-state index contributed by atoms with van der Waals surface area (Å²) in [5.41, 5.74) is 2.33. The molecule has 3 N–H and O–H groups in total. The van der Waals surface area contributed by atoms with E-state index in [1.54, 1.807) is 23.7 Å². The maximum atomic E-state index is 12.6. The van der Waals surface area contributed by atoms with Crippen LogP contribution >= 0.6 is 11.3 Å². The summed E-state index contributed by atoms with van der Waals surface area (Å²) in [6, 6.07) is 7.23. The van der Waals surface area contributed by atoms with Gasteiger partial charge in [-0.25, -0.2) is 4.98 Å². The third-order valence-electron chi connectivity index (χ3n) is 4.85. The number of H-pyrrole nitrogens is 1. The highest BCUT2D eigenvalue weighted by molar-refractivity contribution is 7.21. The number of carbonyl (C=O) groups is 1. The number of rotatable bonds is 3. The number of amides is 1. The topological polar surface area (TPSA) is 82.7 Å². The Morgan fingerprint density at radius 3 is 3.08 bits per heavy atom. The molecule has 4 rings (SSSR count). The zero-order valence-electron chi connectivity index (χ0n) is 15.0.